The van der Waals surface area contributed by atoms with Gasteiger partial charge in [-0.05, 0) is 12.8 Å². The molecular formula is C12H18BN3O. The molecule has 0 bridgehead atoms. The zero-order valence-corrected chi connectivity index (χ0v) is 10.7. The average Bonchev–Trinajstić information content (AvgIpc) is 2.85. The first kappa shape index (κ1) is 12.2. The zero-order chi connectivity index (χ0) is 12.6. The van der Waals surface area contributed by atoms with E-state index in [2.05, 4.69) is 30.7 Å². The standard InChI is InChI=1S/C12H18BN3O/c1-12(2,3)9-7-14-10(15-9)8-5-4-6-16(8)11(13)17/h7-8H,4-6H2,1-3H3,(H,14,15). The molecule has 1 aliphatic heterocycles. The van der Waals surface area contributed by atoms with Crippen LogP contribution in [0.15, 0.2) is 6.20 Å². The number of amides is 1. The van der Waals surface area contributed by atoms with Crippen LogP contribution in [0.2, 0.25) is 0 Å². The maximum absolute atomic E-state index is 11.3. The molecule has 90 valence electrons. The third-order valence-electron chi connectivity index (χ3n) is 3.25. The molecule has 2 radical (unpaired) electrons. The Labute approximate surface area is 103 Å². The molecule has 0 aliphatic carbocycles. The molecule has 1 atom stereocenters. The summed E-state index contributed by atoms with van der Waals surface area (Å²) in [5.41, 5.74) is 1.13. The van der Waals surface area contributed by atoms with E-state index in [0.29, 0.717) is 0 Å². The number of carbonyl (C=O) groups excluding carboxylic acids is 1. The lowest BCUT2D eigenvalue weighted by molar-refractivity contribution is 0.215. The van der Waals surface area contributed by atoms with Crippen LogP contribution in [0.4, 0.5) is 4.79 Å². The van der Waals surface area contributed by atoms with Gasteiger partial charge < -0.3 is 9.88 Å². The lowest BCUT2D eigenvalue weighted by Crippen LogP contribution is -2.29. The molecule has 4 nitrogen and oxygen atoms in total. The van der Waals surface area contributed by atoms with Crippen molar-refractivity contribution in [3.05, 3.63) is 17.7 Å². The van der Waals surface area contributed by atoms with Gasteiger partial charge in [0.05, 0.1) is 6.04 Å². The first-order chi connectivity index (χ1) is 7.89. The Bertz CT molecular complexity index is 422. The van der Waals surface area contributed by atoms with Crippen LogP contribution in [-0.2, 0) is 5.41 Å². The van der Waals surface area contributed by atoms with Crippen LogP contribution in [-0.4, -0.2) is 35.1 Å². The Hall–Kier alpha value is -1.26. The number of hydrogen-bond donors (Lipinski definition) is 1. The van der Waals surface area contributed by atoms with E-state index < -0.39 is 0 Å². The molecule has 1 aliphatic rings. The van der Waals surface area contributed by atoms with Crippen LogP contribution in [0.5, 0.6) is 0 Å². The molecule has 0 aromatic carbocycles. The number of imidazole rings is 1. The lowest BCUT2D eigenvalue weighted by atomic mass is 9.93. The van der Waals surface area contributed by atoms with Crippen molar-refractivity contribution in [3.8, 4) is 0 Å². The fraction of sp³-hybridized carbons (Fsp3) is 0.667. The van der Waals surface area contributed by atoms with Crippen LogP contribution in [0, 0.1) is 0 Å². The van der Waals surface area contributed by atoms with Crippen molar-refractivity contribution in [3.63, 3.8) is 0 Å². The second-order valence-corrected chi connectivity index (χ2v) is 5.62. The number of H-pyrrole nitrogens is 1. The summed E-state index contributed by atoms with van der Waals surface area (Å²) in [6, 6.07) is 0.0172. The quantitative estimate of drug-likeness (QED) is 0.752. The summed E-state index contributed by atoms with van der Waals surface area (Å²) in [6.45, 7) is 7.12. The van der Waals surface area contributed by atoms with E-state index in [9.17, 15) is 4.79 Å². The van der Waals surface area contributed by atoms with Crippen molar-refractivity contribution < 1.29 is 4.79 Å². The van der Waals surface area contributed by atoms with Crippen molar-refractivity contribution in [2.24, 2.45) is 0 Å². The molecule has 0 saturated carbocycles. The smallest absolute Gasteiger partial charge is 0.200 e. The van der Waals surface area contributed by atoms with Gasteiger partial charge in [0.2, 0.25) is 7.85 Å². The Kier molecular flexibility index (Phi) is 3.02. The molecule has 5 heteroatoms. The van der Waals surface area contributed by atoms with Crippen molar-refractivity contribution in [1.82, 2.24) is 14.9 Å². The van der Waals surface area contributed by atoms with Gasteiger partial charge >= 0.3 is 0 Å². The van der Waals surface area contributed by atoms with Crippen LogP contribution >= 0.6 is 0 Å². The molecular weight excluding hydrogens is 213 g/mol. The second kappa shape index (κ2) is 4.20. The number of aromatic nitrogens is 2. The molecule has 1 aromatic heterocycles. The summed E-state index contributed by atoms with van der Waals surface area (Å²) in [5.74, 6) is 0.493. The van der Waals surface area contributed by atoms with Crippen LogP contribution in [0.3, 0.4) is 0 Å². The Morgan fingerprint density at radius 3 is 2.82 bits per heavy atom. The fourth-order valence-corrected chi connectivity index (χ4v) is 2.20. The molecule has 1 unspecified atom stereocenters. The SMILES string of the molecule is [B]C(=O)N1CCCC1c1ncc(C(C)(C)C)[nH]1. The van der Waals surface area contributed by atoms with E-state index in [0.717, 1.165) is 30.9 Å². The first-order valence-electron chi connectivity index (χ1n) is 6.01. The number of hydrogen-bond acceptors (Lipinski definition) is 2. The van der Waals surface area contributed by atoms with Crippen molar-refractivity contribution >= 4 is 13.7 Å². The number of carbonyl (C=O) groups is 1. The molecule has 2 heterocycles. The van der Waals surface area contributed by atoms with Gasteiger partial charge in [0.1, 0.15) is 5.82 Å². The summed E-state index contributed by atoms with van der Waals surface area (Å²) in [4.78, 5) is 20.7. The van der Waals surface area contributed by atoms with Gasteiger partial charge in [-0.15, -0.1) is 0 Å². The highest BCUT2D eigenvalue weighted by Gasteiger charge is 2.30. The van der Waals surface area contributed by atoms with Crippen LogP contribution in [0.25, 0.3) is 0 Å². The Morgan fingerprint density at radius 1 is 1.59 bits per heavy atom. The number of nitrogens with one attached hydrogen (secondary N) is 1. The van der Waals surface area contributed by atoms with E-state index in [4.69, 9.17) is 7.85 Å². The zero-order valence-electron chi connectivity index (χ0n) is 10.7. The van der Waals surface area contributed by atoms with Gasteiger partial charge in [0.15, 0.2) is 5.81 Å². The van der Waals surface area contributed by atoms with E-state index in [1.807, 2.05) is 6.20 Å². The van der Waals surface area contributed by atoms with Gasteiger partial charge in [-0.3, -0.25) is 4.79 Å². The highest BCUT2D eigenvalue weighted by atomic mass is 16.2. The van der Waals surface area contributed by atoms with E-state index in [1.54, 1.807) is 4.90 Å². The highest BCUT2D eigenvalue weighted by molar-refractivity contribution is 6.56. The van der Waals surface area contributed by atoms with E-state index in [-0.39, 0.29) is 17.3 Å². The Morgan fingerprint density at radius 2 is 2.29 bits per heavy atom. The molecule has 2 rings (SSSR count). The number of nitrogens with zero attached hydrogens (tertiary/aromatic N) is 2. The number of aromatic amines is 1. The predicted octanol–water partition coefficient (Wildman–Crippen LogP) is 2.13. The van der Waals surface area contributed by atoms with Crippen LogP contribution in [0.1, 0.15) is 51.2 Å². The van der Waals surface area contributed by atoms with Crippen molar-refractivity contribution in [1.29, 1.82) is 0 Å². The van der Waals surface area contributed by atoms with Gasteiger partial charge in [-0.2, -0.15) is 0 Å². The normalized spacial score (nSPS) is 20.9. The van der Waals surface area contributed by atoms with E-state index >= 15 is 0 Å². The van der Waals surface area contributed by atoms with Crippen molar-refractivity contribution in [2.75, 3.05) is 6.54 Å². The predicted molar refractivity (Wildman–Crippen MR) is 67.1 cm³/mol. The van der Waals surface area contributed by atoms with Gasteiger partial charge in [-0.1, -0.05) is 20.8 Å². The minimum atomic E-state index is -0.360. The Balaban J connectivity index is 2.23. The van der Waals surface area contributed by atoms with Gasteiger partial charge in [0.25, 0.3) is 0 Å². The topological polar surface area (TPSA) is 49.0 Å². The number of likely N-dealkylation sites (tertiary alicyclic amines) is 1. The third kappa shape index (κ3) is 2.38. The van der Waals surface area contributed by atoms with Crippen molar-refractivity contribution in [2.45, 2.75) is 45.1 Å². The largest absolute Gasteiger partial charge is 0.344 e. The first-order valence-corrected chi connectivity index (χ1v) is 6.01. The van der Waals surface area contributed by atoms with Gasteiger partial charge in [0, 0.05) is 23.9 Å². The molecule has 0 spiro atoms. The fourth-order valence-electron chi connectivity index (χ4n) is 2.20. The molecule has 1 fully saturated rings. The minimum absolute atomic E-state index is 0.0172. The summed E-state index contributed by atoms with van der Waals surface area (Å²) in [6.07, 6.45) is 3.77. The summed E-state index contributed by atoms with van der Waals surface area (Å²) < 4.78 is 0. The van der Waals surface area contributed by atoms with Gasteiger partial charge in [-0.25, -0.2) is 4.98 Å². The van der Waals surface area contributed by atoms with E-state index in [1.165, 1.54) is 0 Å². The monoisotopic (exact) mass is 231 g/mol. The summed E-state index contributed by atoms with van der Waals surface area (Å²) >= 11 is 0. The maximum atomic E-state index is 11.3. The maximum Gasteiger partial charge on any atom is 0.200 e. The molecule has 1 saturated heterocycles. The average molecular weight is 231 g/mol. The molecule has 1 aromatic rings. The molecule has 1 N–H and O–H groups in total. The third-order valence-corrected chi connectivity index (χ3v) is 3.25. The molecule has 17 heavy (non-hydrogen) atoms. The minimum Gasteiger partial charge on any atom is -0.344 e. The molecule has 1 amide bonds. The van der Waals surface area contributed by atoms with Crippen LogP contribution < -0.4 is 0 Å². The summed E-state index contributed by atoms with van der Waals surface area (Å²) in [7, 11) is 5.36. The number of rotatable bonds is 1. The second-order valence-electron chi connectivity index (χ2n) is 5.62. The summed E-state index contributed by atoms with van der Waals surface area (Å²) in [5, 5.41) is 0. The lowest BCUT2D eigenvalue weighted by Gasteiger charge is -2.22. The highest BCUT2D eigenvalue weighted by Crippen LogP contribution is 2.31.